The van der Waals surface area contributed by atoms with Crippen molar-refractivity contribution in [3.8, 4) is 28.4 Å². The van der Waals surface area contributed by atoms with E-state index in [9.17, 15) is 0 Å². The zero-order chi connectivity index (χ0) is 45.5. The van der Waals surface area contributed by atoms with E-state index in [1.54, 1.807) is 6.07 Å². The van der Waals surface area contributed by atoms with Crippen molar-refractivity contribution in [1.29, 1.82) is 0 Å². The number of benzene rings is 6. The molecule has 6 aromatic carbocycles. The summed E-state index contributed by atoms with van der Waals surface area (Å²) in [7, 11) is 0. The standard InChI is InChI=1S/C58H59FN4O/c1-55(2,3)38-18-13-17-37(29-38)46-21-15-24-50-54(46)62(43-31-40(57(7,8)9)30-41(32-43)58(10,11)12)36-61(50)42-19-14-20-44(34-42)64-45-25-26-47-51(35-45)63(49-23-16-22-48(59)53(47)49)52-33-39(27-28-60-52)56(4,5)6/h13-35H,1-12H3/q+2. The van der Waals surface area contributed by atoms with E-state index < -0.39 is 0 Å². The Morgan fingerprint density at radius 2 is 1.17 bits per heavy atom. The number of para-hydroxylation sites is 1. The van der Waals surface area contributed by atoms with E-state index in [4.69, 9.17) is 9.72 Å². The highest BCUT2D eigenvalue weighted by Gasteiger charge is 2.40. The van der Waals surface area contributed by atoms with Gasteiger partial charge < -0.3 is 4.74 Å². The van der Waals surface area contributed by atoms with E-state index in [0.717, 1.165) is 61.7 Å². The van der Waals surface area contributed by atoms with Crippen LogP contribution in [-0.4, -0.2) is 15.6 Å². The second-order valence-corrected chi connectivity index (χ2v) is 21.4. The summed E-state index contributed by atoms with van der Waals surface area (Å²) >= 11 is 0. The molecule has 322 valence electrons. The molecule has 1 aliphatic heterocycles. The lowest BCUT2D eigenvalue weighted by Gasteiger charge is -2.24. The van der Waals surface area contributed by atoms with Gasteiger partial charge in [0.25, 0.3) is 5.69 Å². The van der Waals surface area contributed by atoms with E-state index >= 15 is 4.39 Å². The van der Waals surface area contributed by atoms with Gasteiger partial charge >= 0.3 is 11.7 Å². The van der Waals surface area contributed by atoms with Crippen LogP contribution in [0.4, 0.5) is 27.1 Å². The molecule has 0 bridgehead atoms. The van der Waals surface area contributed by atoms with Crippen molar-refractivity contribution >= 4 is 50.6 Å². The van der Waals surface area contributed by atoms with Gasteiger partial charge in [0.05, 0.1) is 22.7 Å². The Hall–Kier alpha value is -6.62. The molecule has 0 fully saturated rings. The molecule has 0 radical (unpaired) electrons. The van der Waals surface area contributed by atoms with Gasteiger partial charge in [0.2, 0.25) is 11.4 Å². The summed E-state index contributed by atoms with van der Waals surface area (Å²) < 4.78 is 28.8. The normalized spacial score (nSPS) is 13.3. The first-order chi connectivity index (χ1) is 30.1. The van der Waals surface area contributed by atoms with E-state index in [1.807, 2.05) is 53.2 Å². The summed E-state index contributed by atoms with van der Waals surface area (Å²) in [6.45, 7) is 27.0. The third-order valence-electron chi connectivity index (χ3n) is 12.5. The maximum Gasteiger partial charge on any atom is 0.503 e. The average Bonchev–Trinajstić information content (AvgIpc) is 3.79. The van der Waals surface area contributed by atoms with Crippen LogP contribution >= 0.6 is 0 Å². The highest BCUT2D eigenvalue weighted by molar-refractivity contribution is 6.09. The molecular weight excluding hydrogens is 788 g/mol. The molecule has 0 saturated heterocycles. The molecule has 3 heterocycles. The Morgan fingerprint density at radius 3 is 1.88 bits per heavy atom. The molecular formula is C58H59FN4O+2. The van der Waals surface area contributed by atoms with Crippen LogP contribution in [0.5, 0.6) is 11.5 Å². The third kappa shape index (κ3) is 7.86. The number of ether oxygens (including phenoxy) is 1. The predicted octanol–water partition coefficient (Wildman–Crippen LogP) is 15.8. The summed E-state index contributed by atoms with van der Waals surface area (Å²) in [6.07, 6.45) is 1.83. The highest BCUT2D eigenvalue weighted by Crippen LogP contribution is 2.46. The molecule has 0 spiro atoms. The third-order valence-corrected chi connectivity index (χ3v) is 12.5. The maximum atomic E-state index is 15.6. The summed E-state index contributed by atoms with van der Waals surface area (Å²) in [5, 5.41) is 1.36. The van der Waals surface area contributed by atoms with E-state index in [2.05, 4.69) is 177 Å². The fraction of sp³-hybridized carbons (Fsp3) is 0.276. The maximum absolute atomic E-state index is 15.6. The molecule has 0 atom stereocenters. The van der Waals surface area contributed by atoms with Crippen LogP contribution in [0.1, 0.15) is 105 Å². The fourth-order valence-corrected chi connectivity index (χ4v) is 8.67. The second kappa shape index (κ2) is 15.3. The first-order valence-corrected chi connectivity index (χ1v) is 22.4. The smallest absolute Gasteiger partial charge is 0.457 e. The topological polar surface area (TPSA) is 33.1 Å². The number of rotatable bonds is 6. The van der Waals surface area contributed by atoms with Crippen LogP contribution in [0.25, 0.3) is 38.8 Å². The van der Waals surface area contributed by atoms with Crippen LogP contribution in [-0.2, 0) is 21.7 Å². The molecule has 0 saturated carbocycles. The number of nitrogens with zero attached hydrogens (tertiary/aromatic N) is 4. The Labute approximate surface area is 377 Å². The van der Waals surface area contributed by atoms with Gasteiger partial charge in [-0.05, 0) is 107 Å². The Balaban J connectivity index is 1.20. The fourth-order valence-electron chi connectivity index (χ4n) is 8.67. The van der Waals surface area contributed by atoms with Crippen molar-refractivity contribution in [1.82, 2.24) is 18.7 Å². The summed E-state index contributed by atoms with van der Waals surface area (Å²) in [5.74, 6) is 1.76. The lowest BCUT2D eigenvalue weighted by atomic mass is 9.80. The van der Waals surface area contributed by atoms with Crippen molar-refractivity contribution in [3.05, 3.63) is 168 Å². The molecule has 8 aromatic rings. The zero-order valence-electron chi connectivity index (χ0n) is 39.4. The molecule has 64 heavy (non-hydrogen) atoms. The van der Waals surface area contributed by atoms with Gasteiger partial charge in [-0.25, -0.2) is 9.37 Å². The number of pyridine rings is 1. The molecule has 0 amide bonds. The van der Waals surface area contributed by atoms with Crippen LogP contribution in [0, 0.1) is 5.82 Å². The van der Waals surface area contributed by atoms with Crippen molar-refractivity contribution < 1.29 is 9.13 Å². The molecule has 0 unspecified atom stereocenters. The minimum Gasteiger partial charge on any atom is -0.457 e. The van der Waals surface area contributed by atoms with Crippen molar-refractivity contribution in [2.24, 2.45) is 0 Å². The number of fused-ring (bicyclic) bond motifs is 4. The van der Waals surface area contributed by atoms with Crippen LogP contribution < -0.4 is 13.9 Å². The minimum absolute atomic E-state index is 0.00740. The lowest BCUT2D eigenvalue weighted by molar-refractivity contribution is 0.483. The minimum atomic E-state index is -0.271. The van der Waals surface area contributed by atoms with Crippen molar-refractivity contribution in [2.75, 3.05) is 0 Å². The van der Waals surface area contributed by atoms with Gasteiger partial charge in [-0.1, -0.05) is 132 Å². The second-order valence-electron chi connectivity index (χ2n) is 21.4. The first kappa shape index (κ1) is 42.7. The Morgan fingerprint density at radius 1 is 0.531 bits per heavy atom. The monoisotopic (exact) mass is 846 g/mol. The highest BCUT2D eigenvalue weighted by atomic mass is 19.1. The molecule has 0 aliphatic carbocycles. The van der Waals surface area contributed by atoms with Gasteiger partial charge in [-0.2, -0.15) is 0 Å². The van der Waals surface area contributed by atoms with Crippen LogP contribution in [0.3, 0.4) is 0 Å². The summed E-state index contributed by atoms with van der Waals surface area (Å²) in [5.41, 5.74) is 12.7. The molecule has 2 aromatic heterocycles. The molecule has 9 rings (SSSR count). The van der Waals surface area contributed by atoms with Gasteiger partial charge in [0, 0.05) is 47.3 Å². The number of halogens is 1. The van der Waals surface area contributed by atoms with Crippen LogP contribution in [0.15, 0.2) is 140 Å². The predicted molar refractivity (Wildman–Crippen MR) is 266 cm³/mol. The molecule has 0 N–H and O–H groups in total. The van der Waals surface area contributed by atoms with E-state index in [0.29, 0.717) is 16.9 Å². The summed E-state index contributed by atoms with van der Waals surface area (Å²) in [6, 6.07) is 49.8. The lowest BCUT2D eigenvalue weighted by Crippen LogP contribution is -2.17. The van der Waals surface area contributed by atoms with Gasteiger partial charge in [0.15, 0.2) is 0 Å². The Bertz CT molecular complexity index is 3190. The molecule has 5 nitrogen and oxygen atoms in total. The number of hydrogen-bond donors (Lipinski definition) is 0. The number of hydrogen-bond acceptors (Lipinski definition) is 2. The largest absolute Gasteiger partial charge is 0.503 e. The summed E-state index contributed by atoms with van der Waals surface area (Å²) in [4.78, 5) is 4.80. The molecule has 1 aliphatic rings. The van der Waals surface area contributed by atoms with Crippen molar-refractivity contribution in [2.45, 2.75) is 105 Å². The number of aromatic nitrogens is 2. The SMILES string of the molecule is CC(C)(C)c1cccc(-c2cccc3c2[N+](c2cc(C(C)(C)C)cc(C(C)(C)C)c2)=C=[N+]3c2cccc(Oc3ccc4c5c(F)cccc5n(-c5cc(C(C)(C)C)ccn5)c4c3)c2)c1. The first-order valence-electron chi connectivity index (χ1n) is 22.4. The van der Waals surface area contributed by atoms with E-state index in [1.165, 1.54) is 22.8 Å². The van der Waals surface area contributed by atoms with E-state index in [-0.39, 0.29) is 27.5 Å². The quantitative estimate of drug-likeness (QED) is 0.156. The Kier molecular flexibility index (Phi) is 10.2. The molecule has 6 heteroatoms. The van der Waals surface area contributed by atoms with Gasteiger partial charge in [-0.3, -0.25) is 4.57 Å². The average molecular weight is 847 g/mol. The van der Waals surface area contributed by atoms with Gasteiger partial charge in [-0.15, -0.1) is 0 Å². The van der Waals surface area contributed by atoms with Crippen LogP contribution in [0.2, 0.25) is 0 Å². The van der Waals surface area contributed by atoms with Crippen molar-refractivity contribution in [3.63, 3.8) is 0 Å². The van der Waals surface area contributed by atoms with Gasteiger partial charge in [0.1, 0.15) is 23.1 Å². The zero-order valence-corrected chi connectivity index (χ0v) is 39.4.